The number of aliphatic hydroxyl groups excluding tert-OH is 1. The highest BCUT2D eigenvalue weighted by Crippen LogP contribution is 2.43. The standard InChI is InChI=1S/C26H31NO7/c1-16(2)34-13-7-12-27-23(20-11-10-19(32-4)15-21(20)33-5)22(25(29)26(27)30)24(28)17-8-6-9-18(14-17)31-3/h6,8-11,14-16,23,28H,7,12-13H2,1-5H3/t23-/m0/s1. The minimum absolute atomic E-state index is 0.00787. The predicted octanol–water partition coefficient (Wildman–Crippen LogP) is 3.95. The van der Waals surface area contributed by atoms with Crippen LogP contribution in [0.2, 0.25) is 0 Å². The molecule has 0 aliphatic carbocycles. The average Bonchev–Trinajstić information content (AvgIpc) is 3.10. The molecule has 3 rings (SSSR count). The van der Waals surface area contributed by atoms with Crippen LogP contribution in [0.15, 0.2) is 48.0 Å². The molecule has 8 nitrogen and oxygen atoms in total. The van der Waals surface area contributed by atoms with E-state index < -0.39 is 17.7 Å². The summed E-state index contributed by atoms with van der Waals surface area (Å²) in [4.78, 5) is 27.8. The van der Waals surface area contributed by atoms with Crippen molar-refractivity contribution in [3.05, 3.63) is 59.2 Å². The fourth-order valence-corrected chi connectivity index (χ4v) is 3.96. The van der Waals surface area contributed by atoms with Crippen LogP contribution in [0.5, 0.6) is 17.2 Å². The maximum absolute atomic E-state index is 13.2. The summed E-state index contributed by atoms with van der Waals surface area (Å²) in [6.45, 7) is 4.57. The Labute approximate surface area is 199 Å². The number of carbonyl (C=O) groups excluding carboxylic acids is 2. The number of nitrogens with zero attached hydrogens (tertiary/aromatic N) is 1. The first-order chi connectivity index (χ1) is 16.3. The summed E-state index contributed by atoms with van der Waals surface area (Å²) < 4.78 is 21.7. The summed E-state index contributed by atoms with van der Waals surface area (Å²) in [7, 11) is 4.56. The third kappa shape index (κ3) is 5.17. The highest BCUT2D eigenvalue weighted by Gasteiger charge is 2.46. The van der Waals surface area contributed by atoms with Crippen LogP contribution in [-0.2, 0) is 14.3 Å². The van der Waals surface area contributed by atoms with Gasteiger partial charge in [-0.05, 0) is 44.5 Å². The fraction of sp³-hybridized carbons (Fsp3) is 0.385. The minimum atomic E-state index is -0.842. The number of hydrogen-bond acceptors (Lipinski definition) is 7. The summed E-state index contributed by atoms with van der Waals surface area (Å²) in [5.41, 5.74) is 0.932. The molecule has 34 heavy (non-hydrogen) atoms. The zero-order valence-electron chi connectivity index (χ0n) is 20.2. The zero-order chi connectivity index (χ0) is 24.8. The van der Waals surface area contributed by atoms with Crippen LogP contribution in [0, 0.1) is 0 Å². The molecule has 0 unspecified atom stereocenters. The van der Waals surface area contributed by atoms with Gasteiger partial charge in [-0.3, -0.25) is 9.59 Å². The van der Waals surface area contributed by atoms with Gasteiger partial charge in [-0.15, -0.1) is 0 Å². The molecule has 1 saturated heterocycles. The van der Waals surface area contributed by atoms with Crippen LogP contribution in [0.4, 0.5) is 0 Å². The van der Waals surface area contributed by atoms with Gasteiger partial charge in [0.1, 0.15) is 23.0 Å². The smallest absolute Gasteiger partial charge is 0.295 e. The van der Waals surface area contributed by atoms with Gasteiger partial charge in [0.2, 0.25) is 0 Å². The Morgan fingerprint density at radius 3 is 2.35 bits per heavy atom. The van der Waals surface area contributed by atoms with E-state index in [0.717, 1.165) is 0 Å². The Morgan fingerprint density at radius 1 is 1.00 bits per heavy atom. The molecule has 2 aromatic carbocycles. The molecule has 0 spiro atoms. The number of Topliss-reactive ketones (excluding diaryl/α,β-unsaturated/α-hetero) is 1. The molecule has 8 heteroatoms. The van der Waals surface area contributed by atoms with E-state index in [1.807, 2.05) is 13.8 Å². The van der Waals surface area contributed by atoms with Gasteiger partial charge in [-0.2, -0.15) is 0 Å². The molecular formula is C26H31NO7. The summed E-state index contributed by atoms with van der Waals surface area (Å²) in [5.74, 6) is -0.199. The first kappa shape index (κ1) is 25.1. The molecule has 0 radical (unpaired) electrons. The number of ether oxygens (including phenoxy) is 4. The quantitative estimate of drug-likeness (QED) is 0.244. The monoisotopic (exact) mass is 469 g/mol. The normalized spacial score (nSPS) is 17.4. The van der Waals surface area contributed by atoms with Gasteiger partial charge in [0.05, 0.1) is 39.0 Å². The van der Waals surface area contributed by atoms with E-state index in [0.29, 0.717) is 41.4 Å². The second kappa shape index (κ2) is 11.1. The van der Waals surface area contributed by atoms with Gasteiger partial charge in [0.25, 0.3) is 11.7 Å². The first-order valence-electron chi connectivity index (χ1n) is 11.1. The van der Waals surface area contributed by atoms with Crippen molar-refractivity contribution in [3.63, 3.8) is 0 Å². The number of ketones is 1. The predicted molar refractivity (Wildman–Crippen MR) is 127 cm³/mol. The van der Waals surface area contributed by atoms with Crippen molar-refractivity contribution in [2.45, 2.75) is 32.4 Å². The van der Waals surface area contributed by atoms with E-state index in [9.17, 15) is 14.7 Å². The van der Waals surface area contributed by atoms with Gasteiger partial charge < -0.3 is 29.0 Å². The Morgan fingerprint density at radius 2 is 1.71 bits per heavy atom. The zero-order valence-corrected chi connectivity index (χ0v) is 20.2. The van der Waals surface area contributed by atoms with Crippen LogP contribution < -0.4 is 14.2 Å². The molecule has 1 aliphatic heterocycles. The third-order valence-electron chi connectivity index (χ3n) is 5.61. The average molecular weight is 470 g/mol. The lowest BCUT2D eigenvalue weighted by Crippen LogP contribution is -2.31. The molecule has 1 N–H and O–H groups in total. The van der Waals surface area contributed by atoms with Crippen LogP contribution >= 0.6 is 0 Å². The molecule has 0 saturated carbocycles. The number of rotatable bonds is 10. The Balaban J connectivity index is 2.13. The highest BCUT2D eigenvalue weighted by molar-refractivity contribution is 6.46. The summed E-state index contributed by atoms with van der Waals surface area (Å²) in [6, 6.07) is 11.0. The largest absolute Gasteiger partial charge is 0.507 e. The maximum Gasteiger partial charge on any atom is 0.295 e. The molecule has 0 aromatic heterocycles. The molecule has 182 valence electrons. The van der Waals surface area contributed by atoms with Crippen LogP contribution in [-0.4, -0.2) is 62.3 Å². The van der Waals surface area contributed by atoms with Crippen molar-refractivity contribution in [1.29, 1.82) is 0 Å². The molecule has 2 aromatic rings. The van der Waals surface area contributed by atoms with Gasteiger partial charge in [0.15, 0.2) is 0 Å². The summed E-state index contributed by atoms with van der Waals surface area (Å²) in [5, 5.41) is 11.2. The van der Waals surface area contributed by atoms with E-state index in [1.54, 1.807) is 42.5 Å². The molecule has 1 aliphatic rings. The lowest BCUT2D eigenvalue weighted by atomic mass is 9.94. The molecular weight excluding hydrogens is 438 g/mol. The van der Waals surface area contributed by atoms with Crippen molar-refractivity contribution in [2.75, 3.05) is 34.5 Å². The number of methoxy groups -OCH3 is 3. The van der Waals surface area contributed by atoms with Gasteiger partial charge in [-0.25, -0.2) is 0 Å². The molecule has 1 amide bonds. The fourth-order valence-electron chi connectivity index (χ4n) is 3.96. The SMILES string of the molecule is COc1cccc(C(O)=C2C(=O)C(=O)N(CCCOC(C)C)[C@H]2c2ccc(OC)cc2OC)c1. The number of hydrogen-bond donors (Lipinski definition) is 1. The van der Waals surface area contributed by atoms with Crippen molar-refractivity contribution in [3.8, 4) is 17.2 Å². The van der Waals surface area contributed by atoms with Crippen LogP contribution in [0.25, 0.3) is 5.76 Å². The Bertz CT molecular complexity index is 1080. The minimum Gasteiger partial charge on any atom is -0.507 e. The molecule has 0 bridgehead atoms. The number of carbonyl (C=O) groups is 2. The van der Waals surface area contributed by atoms with E-state index in [-0.39, 0.29) is 24.0 Å². The van der Waals surface area contributed by atoms with Crippen molar-refractivity contribution in [2.24, 2.45) is 0 Å². The van der Waals surface area contributed by atoms with Crippen LogP contribution in [0.3, 0.4) is 0 Å². The van der Waals surface area contributed by atoms with Gasteiger partial charge in [0, 0.05) is 30.3 Å². The summed E-state index contributed by atoms with van der Waals surface area (Å²) in [6.07, 6.45) is 0.584. The van der Waals surface area contributed by atoms with Crippen molar-refractivity contribution < 1.29 is 33.6 Å². The van der Waals surface area contributed by atoms with Crippen LogP contribution in [0.1, 0.15) is 37.4 Å². The number of likely N-dealkylation sites (tertiary alicyclic amines) is 1. The molecule has 1 heterocycles. The van der Waals surface area contributed by atoms with Crippen molar-refractivity contribution in [1.82, 2.24) is 4.90 Å². The summed E-state index contributed by atoms with van der Waals surface area (Å²) >= 11 is 0. The van der Waals surface area contributed by atoms with E-state index in [2.05, 4.69) is 0 Å². The van der Waals surface area contributed by atoms with Gasteiger partial charge in [-0.1, -0.05) is 12.1 Å². The number of aliphatic hydroxyl groups is 1. The molecule has 1 atom stereocenters. The topological polar surface area (TPSA) is 94.5 Å². The Kier molecular flexibility index (Phi) is 8.17. The lowest BCUT2D eigenvalue weighted by Gasteiger charge is -2.27. The highest BCUT2D eigenvalue weighted by atomic mass is 16.5. The number of amides is 1. The van der Waals surface area contributed by atoms with Gasteiger partial charge >= 0.3 is 0 Å². The third-order valence-corrected chi connectivity index (χ3v) is 5.61. The lowest BCUT2D eigenvalue weighted by molar-refractivity contribution is -0.140. The second-order valence-corrected chi connectivity index (χ2v) is 8.11. The first-order valence-corrected chi connectivity index (χ1v) is 11.1. The Hall–Kier alpha value is -3.52. The maximum atomic E-state index is 13.2. The van der Waals surface area contributed by atoms with E-state index in [1.165, 1.54) is 26.2 Å². The number of benzene rings is 2. The second-order valence-electron chi connectivity index (χ2n) is 8.11. The van der Waals surface area contributed by atoms with E-state index in [4.69, 9.17) is 18.9 Å². The molecule has 1 fully saturated rings. The van der Waals surface area contributed by atoms with Crippen molar-refractivity contribution >= 4 is 17.4 Å². The van der Waals surface area contributed by atoms with E-state index >= 15 is 0 Å².